The molecule has 21 heavy (non-hydrogen) atoms. The second-order valence-electron chi connectivity index (χ2n) is 4.68. The molecule has 0 aliphatic heterocycles. The lowest BCUT2D eigenvalue weighted by Gasteiger charge is -2.05. The Morgan fingerprint density at radius 2 is 1.95 bits per heavy atom. The largest absolute Gasteiger partial charge is 0.478 e. The van der Waals surface area contributed by atoms with E-state index < -0.39 is 9.84 Å². The molecule has 0 spiro atoms. The first kappa shape index (κ1) is 15.9. The van der Waals surface area contributed by atoms with Gasteiger partial charge in [-0.05, 0) is 26.8 Å². The van der Waals surface area contributed by atoms with Crippen LogP contribution in [-0.2, 0) is 21.3 Å². The maximum Gasteiger partial charge on any atom is 0.213 e. The molecule has 114 valence electrons. The molecule has 2 rings (SSSR count). The number of pyridine rings is 1. The minimum Gasteiger partial charge on any atom is -0.478 e. The van der Waals surface area contributed by atoms with E-state index in [-0.39, 0.29) is 11.5 Å². The summed E-state index contributed by atoms with van der Waals surface area (Å²) in [5.74, 6) is 0.296. The van der Waals surface area contributed by atoms with Crippen LogP contribution in [0.25, 0.3) is 0 Å². The molecular weight excluding hydrogens is 308 g/mol. The predicted molar refractivity (Wildman–Crippen MR) is 83.3 cm³/mol. The molecule has 0 amide bonds. The average molecular weight is 326 g/mol. The van der Waals surface area contributed by atoms with Gasteiger partial charge in [0.2, 0.25) is 5.88 Å². The molecule has 0 radical (unpaired) electrons. The number of aryl methyl sites for hydroxylation is 2. The molecule has 0 unspecified atom stereocenters. The van der Waals surface area contributed by atoms with E-state index in [2.05, 4.69) is 9.97 Å². The van der Waals surface area contributed by atoms with Crippen molar-refractivity contribution in [1.82, 2.24) is 9.97 Å². The molecule has 0 aromatic carbocycles. The number of hydrogen-bond acceptors (Lipinski definition) is 6. The fourth-order valence-electron chi connectivity index (χ4n) is 1.83. The average Bonchev–Trinajstić information content (AvgIpc) is 2.67. The Hall–Kier alpha value is -1.47. The number of sulfone groups is 1. The Labute approximate surface area is 128 Å². The van der Waals surface area contributed by atoms with Crippen molar-refractivity contribution in [3.05, 3.63) is 39.5 Å². The van der Waals surface area contributed by atoms with Crippen molar-refractivity contribution in [2.24, 2.45) is 0 Å². The van der Waals surface area contributed by atoms with Crippen LogP contribution in [-0.4, -0.2) is 25.0 Å². The second-order valence-corrected chi connectivity index (χ2v) is 8.03. The van der Waals surface area contributed by atoms with Crippen LogP contribution in [0.15, 0.2) is 18.2 Å². The van der Waals surface area contributed by atoms with Crippen molar-refractivity contribution >= 4 is 21.2 Å². The van der Waals surface area contributed by atoms with E-state index in [4.69, 9.17) is 4.74 Å². The van der Waals surface area contributed by atoms with E-state index in [1.165, 1.54) is 11.3 Å². The summed E-state index contributed by atoms with van der Waals surface area (Å²) in [6.07, 6.45) is 0. The van der Waals surface area contributed by atoms with Crippen LogP contribution in [0.4, 0.5) is 0 Å². The Morgan fingerprint density at radius 3 is 2.57 bits per heavy atom. The van der Waals surface area contributed by atoms with Gasteiger partial charge in [-0.2, -0.15) is 0 Å². The molecule has 0 aliphatic carbocycles. The minimum absolute atomic E-state index is 0.0487. The third-order valence-corrected chi connectivity index (χ3v) is 5.56. The summed E-state index contributed by atoms with van der Waals surface area (Å²) in [6.45, 7) is 6.18. The van der Waals surface area contributed by atoms with Gasteiger partial charge in [0.05, 0.1) is 23.7 Å². The molecule has 0 N–H and O–H groups in total. The smallest absolute Gasteiger partial charge is 0.213 e. The number of rotatable bonds is 6. The molecule has 0 bridgehead atoms. The van der Waals surface area contributed by atoms with Crippen LogP contribution >= 0.6 is 11.3 Å². The summed E-state index contributed by atoms with van der Waals surface area (Å²) in [5, 5.41) is 0.631. The van der Waals surface area contributed by atoms with Gasteiger partial charge in [-0.25, -0.2) is 18.4 Å². The predicted octanol–water partition coefficient (Wildman–Crippen LogP) is 2.67. The van der Waals surface area contributed by atoms with Gasteiger partial charge in [-0.1, -0.05) is 6.07 Å². The highest BCUT2D eigenvalue weighted by Gasteiger charge is 2.17. The topological polar surface area (TPSA) is 69.2 Å². The fourth-order valence-corrected chi connectivity index (χ4v) is 4.49. The molecule has 2 aromatic heterocycles. The first-order chi connectivity index (χ1) is 9.89. The van der Waals surface area contributed by atoms with Crippen LogP contribution in [0.5, 0.6) is 5.88 Å². The zero-order valence-electron chi connectivity index (χ0n) is 12.3. The standard InChI is InChI=1S/C14H18N2O3S2/c1-4-19-13-7-5-6-12(16-13)8-21(17,18)9-14-15-10(2)11(3)20-14/h5-7H,4,8-9H2,1-3H3. The summed E-state index contributed by atoms with van der Waals surface area (Å²) < 4.78 is 29.8. The summed E-state index contributed by atoms with van der Waals surface area (Å²) in [4.78, 5) is 9.52. The van der Waals surface area contributed by atoms with Crippen molar-refractivity contribution in [1.29, 1.82) is 0 Å². The van der Waals surface area contributed by atoms with Crippen LogP contribution in [0.3, 0.4) is 0 Å². The van der Waals surface area contributed by atoms with Crippen LogP contribution in [0, 0.1) is 13.8 Å². The van der Waals surface area contributed by atoms with Crippen LogP contribution in [0.2, 0.25) is 0 Å². The molecule has 0 fully saturated rings. The van der Waals surface area contributed by atoms with Crippen molar-refractivity contribution in [2.75, 3.05) is 6.61 Å². The van der Waals surface area contributed by atoms with E-state index in [0.29, 0.717) is 23.2 Å². The van der Waals surface area contributed by atoms with Gasteiger partial charge in [0.15, 0.2) is 9.84 Å². The van der Waals surface area contributed by atoms with Gasteiger partial charge in [0, 0.05) is 10.9 Å². The molecule has 0 atom stereocenters. The number of ether oxygens (including phenoxy) is 1. The van der Waals surface area contributed by atoms with Crippen molar-refractivity contribution in [3.8, 4) is 5.88 Å². The SMILES string of the molecule is CCOc1cccc(CS(=O)(=O)Cc2nc(C)c(C)s2)n1. The lowest BCUT2D eigenvalue weighted by atomic mass is 10.4. The van der Waals surface area contributed by atoms with E-state index >= 15 is 0 Å². The quantitative estimate of drug-likeness (QED) is 0.816. The molecule has 0 saturated carbocycles. The first-order valence-corrected chi connectivity index (χ1v) is 9.25. The van der Waals surface area contributed by atoms with Crippen molar-refractivity contribution in [3.63, 3.8) is 0 Å². The summed E-state index contributed by atoms with van der Waals surface area (Å²) in [5.41, 5.74) is 1.38. The number of nitrogens with zero attached hydrogens (tertiary/aromatic N) is 2. The molecule has 2 aromatic rings. The second kappa shape index (κ2) is 6.53. The molecule has 0 aliphatic rings. The first-order valence-electron chi connectivity index (χ1n) is 6.61. The molecule has 5 nitrogen and oxygen atoms in total. The van der Waals surface area contributed by atoms with Crippen molar-refractivity contribution in [2.45, 2.75) is 32.3 Å². The Balaban J connectivity index is 2.11. The number of aromatic nitrogens is 2. The van der Waals surface area contributed by atoms with Crippen LogP contribution < -0.4 is 4.74 Å². The lowest BCUT2D eigenvalue weighted by Crippen LogP contribution is -2.09. The Kier molecular flexibility index (Phi) is 4.95. The van der Waals surface area contributed by atoms with Gasteiger partial charge in [-0.15, -0.1) is 11.3 Å². The van der Waals surface area contributed by atoms with Gasteiger partial charge in [-0.3, -0.25) is 0 Å². The zero-order valence-corrected chi connectivity index (χ0v) is 13.9. The normalized spacial score (nSPS) is 11.6. The van der Waals surface area contributed by atoms with E-state index in [1.807, 2.05) is 20.8 Å². The fraction of sp³-hybridized carbons (Fsp3) is 0.429. The van der Waals surface area contributed by atoms with E-state index in [1.54, 1.807) is 18.2 Å². The van der Waals surface area contributed by atoms with Gasteiger partial charge < -0.3 is 4.74 Å². The highest BCUT2D eigenvalue weighted by molar-refractivity contribution is 7.89. The molecule has 7 heteroatoms. The maximum atomic E-state index is 12.2. The molecular formula is C14H18N2O3S2. The molecule has 2 heterocycles. The molecule has 0 saturated heterocycles. The summed E-state index contributed by atoms with van der Waals surface area (Å²) >= 11 is 1.43. The number of thiazole rings is 1. The highest BCUT2D eigenvalue weighted by Crippen LogP contribution is 2.20. The van der Waals surface area contributed by atoms with Gasteiger partial charge in [0.25, 0.3) is 0 Å². The monoisotopic (exact) mass is 326 g/mol. The zero-order chi connectivity index (χ0) is 15.5. The van der Waals surface area contributed by atoms with Gasteiger partial charge in [0.1, 0.15) is 10.8 Å². The lowest BCUT2D eigenvalue weighted by molar-refractivity contribution is 0.326. The van der Waals surface area contributed by atoms with E-state index in [9.17, 15) is 8.42 Å². The van der Waals surface area contributed by atoms with Gasteiger partial charge >= 0.3 is 0 Å². The van der Waals surface area contributed by atoms with E-state index in [0.717, 1.165) is 10.6 Å². The number of hydrogen-bond donors (Lipinski definition) is 0. The van der Waals surface area contributed by atoms with Crippen LogP contribution in [0.1, 0.15) is 28.2 Å². The highest BCUT2D eigenvalue weighted by atomic mass is 32.2. The summed E-state index contributed by atoms with van der Waals surface area (Å²) in [7, 11) is -3.29. The summed E-state index contributed by atoms with van der Waals surface area (Å²) in [6, 6.07) is 5.16. The minimum atomic E-state index is -3.29. The third kappa shape index (κ3) is 4.50. The Morgan fingerprint density at radius 1 is 1.19 bits per heavy atom. The third-order valence-electron chi connectivity index (χ3n) is 2.86. The Bertz CT molecular complexity index is 704. The van der Waals surface area contributed by atoms with Crippen molar-refractivity contribution < 1.29 is 13.2 Å². The maximum absolute atomic E-state index is 12.2.